The van der Waals surface area contributed by atoms with E-state index in [0.717, 1.165) is 25.2 Å². The number of aromatic nitrogens is 1. The Balaban J connectivity index is 2.10. The fourth-order valence-electron chi connectivity index (χ4n) is 2.49. The van der Waals surface area contributed by atoms with Crippen LogP contribution in [0, 0.1) is 5.92 Å². The second-order valence-electron chi connectivity index (χ2n) is 4.93. The van der Waals surface area contributed by atoms with Crippen LogP contribution in [-0.2, 0) is 0 Å². The summed E-state index contributed by atoms with van der Waals surface area (Å²) >= 11 is 0. The lowest BCUT2D eigenvalue weighted by Gasteiger charge is -2.35. The number of pyridine rings is 1. The summed E-state index contributed by atoms with van der Waals surface area (Å²) in [6.07, 6.45) is 5.79. The molecule has 0 N–H and O–H groups in total. The van der Waals surface area contributed by atoms with Gasteiger partial charge in [-0.1, -0.05) is 6.92 Å². The lowest BCUT2D eigenvalue weighted by Crippen LogP contribution is -2.47. The second kappa shape index (κ2) is 5.85. The Kier molecular flexibility index (Phi) is 4.18. The van der Waals surface area contributed by atoms with E-state index in [1.165, 1.54) is 6.42 Å². The van der Waals surface area contributed by atoms with Crippen LogP contribution in [0.4, 0.5) is 10.5 Å². The molecule has 0 aliphatic carbocycles. The van der Waals surface area contributed by atoms with E-state index in [2.05, 4.69) is 11.9 Å². The van der Waals surface area contributed by atoms with E-state index in [1.54, 1.807) is 12.4 Å². The van der Waals surface area contributed by atoms with Gasteiger partial charge in [-0.15, -0.1) is 0 Å². The molecule has 0 radical (unpaired) electrons. The van der Waals surface area contributed by atoms with Crippen LogP contribution in [0.3, 0.4) is 0 Å². The first kappa shape index (κ1) is 12.9. The van der Waals surface area contributed by atoms with Crippen molar-refractivity contribution < 1.29 is 4.79 Å². The Morgan fingerprint density at radius 1 is 1.50 bits per heavy atom. The van der Waals surface area contributed by atoms with Crippen LogP contribution in [0.1, 0.15) is 26.7 Å². The summed E-state index contributed by atoms with van der Waals surface area (Å²) in [5, 5.41) is 0. The van der Waals surface area contributed by atoms with Crippen LogP contribution in [0.2, 0.25) is 0 Å². The van der Waals surface area contributed by atoms with Crippen LogP contribution in [0.15, 0.2) is 24.5 Å². The molecular weight excluding hydrogens is 226 g/mol. The van der Waals surface area contributed by atoms with Crippen molar-refractivity contribution in [1.82, 2.24) is 9.88 Å². The summed E-state index contributed by atoms with van der Waals surface area (Å²) in [5.74, 6) is 0.610. The molecule has 0 bridgehead atoms. The first-order valence-electron chi connectivity index (χ1n) is 6.68. The molecule has 2 heterocycles. The Bertz CT molecular complexity index is 393. The van der Waals surface area contributed by atoms with Crippen molar-refractivity contribution in [1.29, 1.82) is 0 Å². The van der Waals surface area contributed by atoms with E-state index in [-0.39, 0.29) is 6.03 Å². The molecular formula is C14H21N3O. The van der Waals surface area contributed by atoms with Gasteiger partial charge in [0.2, 0.25) is 0 Å². The number of hydrogen-bond acceptors (Lipinski definition) is 2. The standard InChI is InChI=1S/C14H21N3O/c1-3-17(13-6-8-15-9-7-13)14(18)16-10-4-5-12(2)11-16/h6-9,12H,3-5,10-11H2,1-2H3. The van der Waals surface area contributed by atoms with Gasteiger partial charge in [0, 0.05) is 37.7 Å². The number of rotatable bonds is 2. The van der Waals surface area contributed by atoms with Crippen molar-refractivity contribution >= 4 is 11.7 Å². The summed E-state index contributed by atoms with van der Waals surface area (Å²) in [6, 6.07) is 3.89. The molecule has 18 heavy (non-hydrogen) atoms. The molecule has 1 aromatic heterocycles. The van der Waals surface area contributed by atoms with Crippen molar-refractivity contribution in [2.75, 3.05) is 24.5 Å². The van der Waals surface area contributed by atoms with Gasteiger partial charge >= 0.3 is 6.03 Å². The molecule has 98 valence electrons. The zero-order chi connectivity index (χ0) is 13.0. The summed E-state index contributed by atoms with van der Waals surface area (Å²) in [7, 11) is 0. The topological polar surface area (TPSA) is 36.4 Å². The van der Waals surface area contributed by atoms with Gasteiger partial charge in [-0.2, -0.15) is 0 Å². The Morgan fingerprint density at radius 3 is 2.83 bits per heavy atom. The third kappa shape index (κ3) is 2.81. The van der Waals surface area contributed by atoms with Gasteiger partial charge in [0.05, 0.1) is 0 Å². The SMILES string of the molecule is CCN(C(=O)N1CCCC(C)C1)c1ccncc1. The number of carbonyl (C=O) groups is 1. The molecule has 0 aromatic carbocycles. The molecule has 1 atom stereocenters. The highest BCUT2D eigenvalue weighted by Gasteiger charge is 2.25. The maximum Gasteiger partial charge on any atom is 0.324 e. The van der Waals surface area contributed by atoms with E-state index in [0.29, 0.717) is 12.5 Å². The minimum absolute atomic E-state index is 0.121. The third-order valence-electron chi connectivity index (χ3n) is 3.45. The minimum Gasteiger partial charge on any atom is -0.324 e. The fraction of sp³-hybridized carbons (Fsp3) is 0.571. The molecule has 4 heteroatoms. The maximum atomic E-state index is 12.5. The van der Waals surface area contributed by atoms with Gasteiger partial charge in [-0.25, -0.2) is 4.79 Å². The summed E-state index contributed by atoms with van der Waals surface area (Å²) in [6.45, 7) is 6.66. The van der Waals surface area contributed by atoms with Crippen LogP contribution >= 0.6 is 0 Å². The number of nitrogens with zero attached hydrogens (tertiary/aromatic N) is 3. The smallest absolute Gasteiger partial charge is 0.324 e. The lowest BCUT2D eigenvalue weighted by molar-refractivity contribution is 0.176. The average molecular weight is 247 g/mol. The Morgan fingerprint density at radius 2 is 2.22 bits per heavy atom. The molecule has 1 saturated heterocycles. The van der Waals surface area contributed by atoms with Crippen LogP contribution < -0.4 is 4.90 Å². The van der Waals surface area contributed by atoms with Crippen molar-refractivity contribution in [3.63, 3.8) is 0 Å². The van der Waals surface area contributed by atoms with E-state index < -0.39 is 0 Å². The first-order chi connectivity index (χ1) is 8.72. The number of likely N-dealkylation sites (tertiary alicyclic amines) is 1. The number of piperidine rings is 1. The molecule has 2 rings (SSSR count). The summed E-state index contributed by atoms with van der Waals surface area (Å²) in [4.78, 5) is 20.3. The molecule has 1 aliphatic rings. The van der Waals surface area contributed by atoms with E-state index >= 15 is 0 Å². The van der Waals surface area contributed by atoms with Crippen LogP contribution in [-0.4, -0.2) is 35.5 Å². The quantitative estimate of drug-likeness (QED) is 0.805. The fourth-order valence-corrected chi connectivity index (χ4v) is 2.49. The lowest BCUT2D eigenvalue weighted by atomic mass is 10.0. The second-order valence-corrected chi connectivity index (χ2v) is 4.93. The zero-order valence-electron chi connectivity index (χ0n) is 11.2. The molecule has 2 amide bonds. The highest BCUT2D eigenvalue weighted by atomic mass is 16.2. The molecule has 1 unspecified atom stereocenters. The molecule has 1 aliphatic heterocycles. The molecule has 0 saturated carbocycles. The first-order valence-corrected chi connectivity index (χ1v) is 6.68. The van der Waals surface area contributed by atoms with Crippen LogP contribution in [0.25, 0.3) is 0 Å². The number of urea groups is 1. The van der Waals surface area contributed by atoms with Crippen molar-refractivity contribution in [3.8, 4) is 0 Å². The minimum atomic E-state index is 0.121. The van der Waals surface area contributed by atoms with Crippen molar-refractivity contribution in [3.05, 3.63) is 24.5 Å². The Labute approximate surface area is 109 Å². The predicted octanol–water partition coefficient (Wildman–Crippen LogP) is 2.76. The Hall–Kier alpha value is -1.58. The number of anilines is 1. The van der Waals surface area contributed by atoms with Gasteiger partial charge in [0.25, 0.3) is 0 Å². The molecule has 1 aromatic rings. The van der Waals surface area contributed by atoms with Gasteiger partial charge in [-0.3, -0.25) is 9.88 Å². The van der Waals surface area contributed by atoms with Crippen molar-refractivity contribution in [2.24, 2.45) is 5.92 Å². The summed E-state index contributed by atoms with van der Waals surface area (Å²) < 4.78 is 0. The molecule has 1 fully saturated rings. The van der Waals surface area contributed by atoms with Gasteiger partial charge in [0.15, 0.2) is 0 Å². The van der Waals surface area contributed by atoms with Crippen molar-refractivity contribution in [2.45, 2.75) is 26.7 Å². The third-order valence-corrected chi connectivity index (χ3v) is 3.45. The number of carbonyl (C=O) groups excluding carboxylic acids is 1. The van der Waals surface area contributed by atoms with Gasteiger partial charge < -0.3 is 4.90 Å². The molecule has 0 spiro atoms. The highest BCUT2D eigenvalue weighted by Crippen LogP contribution is 2.20. The average Bonchev–Trinajstić information content (AvgIpc) is 2.41. The molecule has 4 nitrogen and oxygen atoms in total. The highest BCUT2D eigenvalue weighted by molar-refractivity contribution is 5.91. The van der Waals surface area contributed by atoms with E-state index in [4.69, 9.17) is 0 Å². The predicted molar refractivity (Wildman–Crippen MR) is 72.6 cm³/mol. The largest absolute Gasteiger partial charge is 0.324 e. The van der Waals surface area contributed by atoms with Crippen LogP contribution in [0.5, 0.6) is 0 Å². The van der Waals surface area contributed by atoms with Gasteiger partial charge in [0.1, 0.15) is 0 Å². The van der Waals surface area contributed by atoms with Gasteiger partial charge in [-0.05, 0) is 37.8 Å². The monoisotopic (exact) mass is 247 g/mol. The summed E-state index contributed by atoms with van der Waals surface area (Å²) in [5.41, 5.74) is 0.927. The number of hydrogen-bond donors (Lipinski definition) is 0. The number of amides is 2. The van der Waals surface area contributed by atoms with E-state index in [1.807, 2.05) is 28.9 Å². The normalized spacial score (nSPS) is 19.7. The maximum absolute atomic E-state index is 12.5. The zero-order valence-corrected chi connectivity index (χ0v) is 11.2. The van der Waals surface area contributed by atoms with E-state index in [9.17, 15) is 4.79 Å².